The molecule has 0 unspecified atom stereocenters. The Kier molecular flexibility index (Phi) is 7.47. The fourth-order valence-corrected chi connectivity index (χ4v) is 5.04. The van der Waals surface area contributed by atoms with Gasteiger partial charge in [0.05, 0.1) is 6.54 Å². The van der Waals surface area contributed by atoms with E-state index >= 15 is 0 Å². The third-order valence-corrected chi connectivity index (χ3v) is 6.78. The molecule has 0 radical (unpaired) electrons. The minimum absolute atomic E-state index is 0.0215. The van der Waals surface area contributed by atoms with Crippen molar-refractivity contribution < 1.29 is 29.3 Å². The number of rotatable bonds is 8. The second kappa shape index (κ2) is 10.7. The van der Waals surface area contributed by atoms with E-state index in [1.54, 1.807) is 0 Å². The number of aliphatic carboxylic acids is 1. The van der Waals surface area contributed by atoms with Crippen LogP contribution in [-0.2, 0) is 14.3 Å². The molecule has 180 valence electrons. The van der Waals surface area contributed by atoms with Crippen LogP contribution in [0.2, 0.25) is 0 Å². The first kappa shape index (κ1) is 23.8. The van der Waals surface area contributed by atoms with E-state index in [4.69, 9.17) is 9.84 Å². The summed E-state index contributed by atoms with van der Waals surface area (Å²) in [7, 11) is 0. The second-order valence-electron chi connectivity index (χ2n) is 8.98. The molecule has 2 aliphatic carbocycles. The first-order chi connectivity index (χ1) is 16.4. The molecule has 2 aliphatic rings. The van der Waals surface area contributed by atoms with Crippen LogP contribution in [0, 0.1) is 5.92 Å². The Labute approximate surface area is 198 Å². The fourth-order valence-electron chi connectivity index (χ4n) is 5.04. The minimum Gasteiger partial charge on any atom is -0.479 e. The number of ether oxygens (including phenoxy) is 1. The Balaban J connectivity index is 1.32. The molecule has 2 amide bonds. The molecule has 0 aliphatic heterocycles. The molecule has 1 fully saturated rings. The van der Waals surface area contributed by atoms with Gasteiger partial charge in [-0.2, -0.15) is 0 Å². The van der Waals surface area contributed by atoms with Gasteiger partial charge in [-0.05, 0) is 41.0 Å². The quantitative estimate of drug-likeness (QED) is 0.474. The van der Waals surface area contributed by atoms with E-state index in [1.165, 1.54) is 11.1 Å². The molecular formula is C26H30N2O6. The summed E-state index contributed by atoms with van der Waals surface area (Å²) >= 11 is 0. The third-order valence-electron chi connectivity index (χ3n) is 6.78. The van der Waals surface area contributed by atoms with E-state index < -0.39 is 18.2 Å². The molecule has 4 rings (SSSR count). The summed E-state index contributed by atoms with van der Waals surface area (Å²) in [6.07, 6.45) is 1.46. The number of carbonyl (C=O) groups is 3. The topological polar surface area (TPSA) is 125 Å². The van der Waals surface area contributed by atoms with Crippen molar-refractivity contribution in [2.45, 2.75) is 50.2 Å². The van der Waals surface area contributed by atoms with Crippen molar-refractivity contribution >= 4 is 18.0 Å². The number of alkyl carbamates (subject to hydrolysis) is 1. The third kappa shape index (κ3) is 5.39. The predicted octanol–water partition coefficient (Wildman–Crippen LogP) is 3.04. The maximum absolute atomic E-state index is 12.7. The van der Waals surface area contributed by atoms with Gasteiger partial charge in [-0.15, -0.1) is 0 Å². The van der Waals surface area contributed by atoms with Gasteiger partial charge >= 0.3 is 12.1 Å². The Hall–Kier alpha value is -3.39. The highest BCUT2D eigenvalue weighted by Gasteiger charge is 2.31. The van der Waals surface area contributed by atoms with E-state index in [9.17, 15) is 19.5 Å². The SMILES string of the molecule is O=C(C[C@H]1CCCC[C@H]1NC(=O)OCC1c2ccccc2-c2ccccc21)NC[C@H](O)C(=O)O. The molecule has 8 heteroatoms. The van der Waals surface area contributed by atoms with E-state index in [2.05, 4.69) is 34.9 Å². The normalized spacial score (nSPS) is 20.0. The molecule has 3 atom stereocenters. The van der Waals surface area contributed by atoms with E-state index in [0.717, 1.165) is 36.8 Å². The molecular weight excluding hydrogens is 436 g/mol. The molecule has 0 bridgehead atoms. The van der Waals surface area contributed by atoms with E-state index in [-0.39, 0.29) is 43.4 Å². The number of aliphatic hydroxyl groups is 1. The molecule has 1 saturated carbocycles. The number of benzene rings is 2. The molecule has 0 aromatic heterocycles. The second-order valence-corrected chi connectivity index (χ2v) is 8.98. The highest BCUT2D eigenvalue weighted by Crippen LogP contribution is 2.44. The van der Waals surface area contributed by atoms with Crippen LogP contribution in [-0.4, -0.2) is 53.5 Å². The predicted molar refractivity (Wildman–Crippen MR) is 125 cm³/mol. The van der Waals surface area contributed by atoms with Crippen LogP contribution in [0.3, 0.4) is 0 Å². The molecule has 8 nitrogen and oxygen atoms in total. The average Bonchev–Trinajstić information content (AvgIpc) is 3.16. The van der Waals surface area contributed by atoms with Gasteiger partial charge in [-0.1, -0.05) is 61.4 Å². The van der Waals surface area contributed by atoms with Crippen molar-refractivity contribution in [1.29, 1.82) is 0 Å². The number of hydrogen-bond donors (Lipinski definition) is 4. The van der Waals surface area contributed by atoms with E-state index in [0.29, 0.717) is 0 Å². The number of aliphatic hydroxyl groups excluding tert-OH is 1. The van der Waals surface area contributed by atoms with Gasteiger partial charge in [0, 0.05) is 18.4 Å². The van der Waals surface area contributed by atoms with Gasteiger partial charge in [-0.3, -0.25) is 4.79 Å². The molecule has 2 aromatic rings. The molecule has 0 heterocycles. The zero-order chi connectivity index (χ0) is 24.1. The largest absolute Gasteiger partial charge is 0.479 e. The smallest absolute Gasteiger partial charge is 0.407 e. The van der Waals surface area contributed by atoms with Gasteiger partial charge in [0.2, 0.25) is 5.91 Å². The van der Waals surface area contributed by atoms with Crippen molar-refractivity contribution in [1.82, 2.24) is 10.6 Å². The molecule has 34 heavy (non-hydrogen) atoms. The number of nitrogens with one attached hydrogen (secondary N) is 2. The Morgan fingerprint density at radius 1 is 0.971 bits per heavy atom. The summed E-state index contributed by atoms with van der Waals surface area (Å²) in [4.78, 5) is 35.6. The van der Waals surface area contributed by atoms with Gasteiger partial charge in [0.25, 0.3) is 0 Å². The lowest BCUT2D eigenvalue weighted by atomic mass is 9.82. The summed E-state index contributed by atoms with van der Waals surface area (Å²) in [5.74, 6) is -1.82. The zero-order valence-electron chi connectivity index (χ0n) is 18.9. The molecule has 2 aromatic carbocycles. The summed E-state index contributed by atoms with van der Waals surface area (Å²) < 4.78 is 5.65. The number of carboxylic acids is 1. The highest BCUT2D eigenvalue weighted by molar-refractivity contribution is 5.79. The summed E-state index contributed by atoms with van der Waals surface area (Å²) in [5, 5.41) is 23.5. The lowest BCUT2D eigenvalue weighted by molar-refractivity contribution is -0.146. The van der Waals surface area contributed by atoms with Crippen molar-refractivity contribution in [3.63, 3.8) is 0 Å². The average molecular weight is 467 g/mol. The fraction of sp³-hybridized carbons (Fsp3) is 0.423. The van der Waals surface area contributed by atoms with E-state index in [1.807, 2.05) is 24.3 Å². The Morgan fingerprint density at radius 3 is 2.24 bits per heavy atom. The van der Waals surface area contributed by atoms with Crippen LogP contribution >= 0.6 is 0 Å². The molecule has 0 saturated heterocycles. The lowest BCUT2D eigenvalue weighted by Gasteiger charge is -2.31. The first-order valence-electron chi connectivity index (χ1n) is 11.7. The Morgan fingerprint density at radius 2 is 1.59 bits per heavy atom. The highest BCUT2D eigenvalue weighted by atomic mass is 16.5. The van der Waals surface area contributed by atoms with Gasteiger partial charge < -0.3 is 25.6 Å². The van der Waals surface area contributed by atoms with Gasteiger partial charge in [0.1, 0.15) is 6.61 Å². The van der Waals surface area contributed by atoms with Gasteiger partial charge in [0.15, 0.2) is 6.10 Å². The lowest BCUT2D eigenvalue weighted by Crippen LogP contribution is -2.45. The summed E-state index contributed by atoms with van der Waals surface area (Å²) in [6, 6.07) is 16.1. The number of carboxylic acid groups (broad SMARTS) is 1. The van der Waals surface area contributed by atoms with Gasteiger partial charge in [-0.25, -0.2) is 9.59 Å². The first-order valence-corrected chi connectivity index (χ1v) is 11.7. The standard InChI is InChI=1S/C26H30N2O6/c29-23(25(31)32)14-27-24(30)13-16-7-1-6-12-22(16)28-26(33)34-15-21-19-10-4-2-8-17(19)18-9-3-5-11-20(18)21/h2-5,8-11,16,21-23,29H,1,6-7,12-15H2,(H,27,30)(H,28,33)(H,31,32)/t16-,22-,23+/m1/s1. The van der Waals surface area contributed by atoms with Crippen LogP contribution in [0.4, 0.5) is 4.79 Å². The number of fused-ring (bicyclic) bond motifs is 3. The summed E-state index contributed by atoms with van der Waals surface area (Å²) in [5.41, 5.74) is 4.62. The van der Waals surface area contributed by atoms with Crippen LogP contribution in [0.25, 0.3) is 11.1 Å². The van der Waals surface area contributed by atoms with Crippen molar-refractivity contribution in [2.75, 3.05) is 13.2 Å². The van der Waals surface area contributed by atoms with Crippen LogP contribution in [0.5, 0.6) is 0 Å². The number of carbonyl (C=O) groups excluding carboxylic acids is 2. The Bertz CT molecular complexity index is 1010. The molecule has 0 spiro atoms. The van der Waals surface area contributed by atoms with Crippen molar-refractivity contribution in [3.8, 4) is 11.1 Å². The zero-order valence-corrected chi connectivity index (χ0v) is 18.9. The number of hydrogen-bond acceptors (Lipinski definition) is 5. The maximum atomic E-state index is 12.7. The van der Waals surface area contributed by atoms with Crippen molar-refractivity contribution in [3.05, 3.63) is 59.7 Å². The minimum atomic E-state index is -1.63. The van der Waals surface area contributed by atoms with Crippen LogP contribution in [0.15, 0.2) is 48.5 Å². The maximum Gasteiger partial charge on any atom is 0.407 e. The molecule has 4 N–H and O–H groups in total. The monoisotopic (exact) mass is 466 g/mol. The number of amides is 2. The van der Waals surface area contributed by atoms with Crippen LogP contribution < -0.4 is 10.6 Å². The van der Waals surface area contributed by atoms with Crippen LogP contribution in [0.1, 0.15) is 49.1 Å². The summed E-state index contributed by atoms with van der Waals surface area (Å²) in [6.45, 7) is -0.115. The van der Waals surface area contributed by atoms with Crippen molar-refractivity contribution in [2.24, 2.45) is 5.92 Å².